The number of hydrogen-bond donors (Lipinski definition) is 1. The van der Waals surface area contributed by atoms with Gasteiger partial charge in [0.2, 0.25) is 0 Å². The second-order valence-electron chi connectivity index (χ2n) is 4.50. The SMILES string of the molecule is CC1(CN)CCCN1C(=O)c1cccnc1.Cl.Cl. The zero-order chi connectivity index (χ0) is 11.6. The Morgan fingerprint density at radius 1 is 1.56 bits per heavy atom. The van der Waals surface area contributed by atoms with Gasteiger partial charge in [-0.2, -0.15) is 0 Å². The lowest BCUT2D eigenvalue weighted by Gasteiger charge is -2.34. The number of nitrogens with zero attached hydrogens (tertiary/aromatic N) is 2. The molecule has 0 aliphatic carbocycles. The van der Waals surface area contributed by atoms with Gasteiger partial charge in [0.15, 0.2) is 0 Å². The van der Waals surface area contributed by atoms with E-state index in [1.54, 1.807) is 24.5 Å². The van der Waals surface area contributed by atoms with Gasteiger partial charge in [-0.3, -0.25) is 9.78 Å². The average Bonchev–Trinajstić information content (AvgIpc) is 2.72. The van der Waals surface area contributed by atoms with E-state index in [2.05, 4.69) is 4.98 Å². The predicted molar refractivity (Wildman–Crippen MR) is 76.5 cm³/mol. The molecule has 1 aliphatic heterocycles. The lowest BCUT2D eigenvalue weighted by Crippen LogP contribution is -2.50. The van der Waals surface area contributed by atoms with Crippen molar-refractivity contribution < 1.29 is 4.79 Å². The largest absolute Gasteiger partial charge is 0.332 e. The molecule has 2 N–H and O–H groups in total. The maximum Gasteiger partial charge on any atom is 0.255 e. The van der Waals surface area contributed by atoms with E-state index in [4.69, 9.17) is 5.73 Å². The lowest BCUT2D eigenvalue weighted by molar-refractivity contribution is 0.0636. The smallest absolute Gasteiger partial charge is 0.255 e. The zero-order valence-electron chi connectivity index (χ0n) is 10.3. The Morgan fingerprint density at radius 3 is 2.83 bits per heavy atom. The van der Waals surface area contributed by atoms with Crippen molar-refractivity contribution in [3.05, 3.63) is 30.1 Å². The van der Waals surface area contributed by atoms with Crippen LogP contribution in [0, 0.1) is 0 Å². The molecular formula is C12H19Cl2N3O. The number of aromatic nitrogens is 1. The number of nitrogens with two attached hydrogens (primary N) is 1. The van der Waals surface area contributed by atoms with Gasteiger partial charge >= 0.3 is 0 Å². The third-order valence-electron chi connectivity index (χ3n) is 3.34. The van der Waals surface area contributed by atoms with Gasteiger partial charge in [-0.05, 0) is 31.9 Å². The van der Waals surface area contributed by atoms with E-state index < -0.39 is 0 Å². The molecule has 1 unspecified atom stereocenters. The summed E-state index contributed by atoms with van der Waals surface area (Å²) >= 11 is 0. The fraction of sp³-hybridized carbons (Fsp3) is 0.500. The van der Waals surface area contributed by atoms with Gasteiger partial charge in [0.1, 0.15) is 0 Å². The molecule has 1 aromatic heterocycles. The van der Waals surface area contributed by atoms with Crippen molar-refractivity contribution in [2.75, 3.05) is 13.1 Å². The van der Waals surface area contributed by atoms with Crippen LogP contribution >= 0.6 is 24.8 Å². The van der Waals surface area contributed by atoms with E-state index >= 15 is 0 Å². The Labute approximate surface area is 120 Å². The minimum atomic E-state index is -0.188. The predicted octanol–water partition coefficient (Wildman–Crippen LogP) is 1.88. The summed E-state index contributed by atoms with van der Waals surface area (Å²) in [6, 6.07) is 3.58. The Bertz CT molecular complexity index is 388. The van der Waals surface area contributed by atoms with Crippen LogP contribution in [-0.2, 0) is 0 Å². The third kappa shape index (κ3) is 3.13. The molecule has 2 heterocycles. The summed E-state index contributed by atoms with van der Waals surface area (Å²) in [5.74, 6) is 0.0403. The number of carbonyl (C=O) groups excluding carboxylic acids is 1. The quantitative estimate of drug-likeness (QED) is 0.905. The van der Waals surface area contributed by atoms with Crippen LogP contribution in [0.3, 0.4) is 0 Å². The fourth-order valence-corrected chi connectivity index (χ4v) is 2.23. The van der Waals surface area contributed by atoms with Crippen LogP contribution in [0.15, 0.2) is 24.5 Å². The maximum absolute atomic E-state index is 12.3. The van der Waals surface area contributed by atoms with E-state index in [1.165, 1.54) is 0 Å². The van der Waals surface area contributed by atoms with Gasteiger partial charge < -0.3 is 10.6 Å². The first-order chi connectivity index (χ1) is 7.67. The molecule has 1 fully saturated rings. The normalized spacial score (nSPS) is 22.0. The number of likely N-dealkylation sites (tertiary alicyclic amines) is 1. The molecule has 1 saturated heterocycles. The molecule has 0 aromatic carbocycles. The van der Waals surface area contributed by atoms with Crippen molar-refractivity contribution >= 4 is 30.7 Å². The summed E-state index contributed by atoms with van der Waals surface area (Å²) in [5.41, 5.74) is 6.22. The summed E-state index contributed by atoms with van der Waals surface area (Å²) in [4.78, 5) is 18.1. The number of halogens is 2. The van der Waals surface area contributed by atoms with Crippen molar-refractivity contribution in [2.24, 2.45) is 5.73 Å². The molecule has 1 amide bonds. The Hall–Kier alpha value is -0.840. The summed E-state index contributed by atoms with van der Waals surface area (Å²) < 4.78 is 0. The number of pyridine rings is 1. The fourth-order valence-electron chi connectivity index (χ4n) is 2.23. The molecule has 2 rings (SSSR count). The van der Waals surface area contributed by atoms with Gasteiger partial charge in [0, 0.05) is 25.5 Å². The van der Waals surface area contributed by atoms with E-state index in [0.29, 0.717) is 12.1 Å². The van der Waals surface area contributed by atoms with Gasteiger partial charge in [-0.1, -0.05) is 0 Å². The molecule has 18 heavy (non-hydrogen) atoms. The Morgan fingerprint density at radius 2 is 2.28 bits per heavy atom. The Balaban J connectivity index is 0.00000144. The highest BCUT2D eigenvalue weighted by Crippen LogP contribution is 2.29. The van der Waals surface area contributed by atoms with Gasteiger partial charge in [0.05, 0.1) is 11.1 Å². The van der Waals surface area contributed by atoms with Crippen molar-refractivity contribution in [1.29, 1.82) is 0 Å². The zero-order valence-corrected chi connectivity index (χ0v) is 12.0. The summed E-state index contributed by atoms with van der Waals surface area (Å²) in [5, 5.41) is 0. The average molecular weight is 292 g/mol. The molecular weight excluding hydrogens is 273 g/mol. The van der Waals surface area contributed by atoms with Crippen LogP contribution in [0.5, 0.6) is 0 Å². The second-order valence-corrected chi connectivity index (χ2v) is 4.50. The third-order valence-corrected chi connectivity index (χ3v) is 3.34. The van der Waals surface area contributed by atoms with E-state index in [0.717, 1.165) is 19.4 Å². The molecule has 1 aromatic rings. The molecule has 0 spiro atoms. The molecule has 0 saturated carbocycles. The number of hydrogen-bond acceptors (Lipinski definition) is 3. The molecule has 0 bridgehead atoms. The summed E-state index contributed by atoms with van der Waals surface area (Å²) in [6.07, 6.45) is 5.29. The minimum absolute atomic E-state index is 0. The minimum Gasteiger partial charge on any atom is -0.332 e. The van der Waals surface area contributed by atoms with Crippen LogP contribution < -0.4 is 5.73 Å². The highest BCUT2D eigenvalue weighted by atomic mass is 35.5. The first-order valence-electron chi connectivity index (χ1n) is 5.59. The van der Waals surface area contributed by atoms with E-state index in [9.17, 15) is 4.79 Å². The monoisotopic (exact) mass is 291 g/mol. The summed E-state index contributed by atoms with van der Waals surface area (Å²) in [6.45, 7) is 3.36. The number of rotatable bonds is 2. The number of carbonyl (C=O) groups is 1. The first-order valence-corrected chi connectivity index (χ1v) is 5.59. The molecule has 4 nitrogen and oxygen atoms in total. The maximum atomic E-state index is 12.3. The lowest BCUT2D eigenvalue weighted by atomic mass is 9.99. The van der Waals surface area contributed by atoms with Crippen molar-refractivity contribution in [3.63, 3.8) is 0 Å². The standard InChI is InChI=1S/C12H17N3O.2ClH/c1-12(9-13)5-3-7-15(12)11(16)10-4-2-6-14-8-10;;/h2,4,6,8H,3,5,7,9,13H2,1H3;2*1H. The van der Waals surface area contributed by atoms with E-state index in [-0.39, 0.29) is 36.3 Å². The van der Waals surface area contributed by atoms with Crippen LogP contribution in [0.1, 0.15) is 30.1 Å². The highest BCUT2D eigenvalue weighted by Gasteiger charge is 2.38. The van der Waals surface area contributed by atoms with Crippen molar-refractivity contribution in [1.82, 2.24) is 9.88 Å². The molecule has 102 valence electrons. The van der Waals surface area contributed by atoms with Crippen molar-refractivity contribution in [3.8, 4) is 0 Å². The van der Waals surface area contributed by atoms with Crippen LogP contribution in [-0.4, -0.2) is 34.4 Å². The van der Waals surface area contributed by atoms with Gasteiger partial charge in [-0.15, -0.1) is 24.8 Å². The second kappa shape index (κ2) is 6.92. The van der Waals surface area contributed by atoms with Crippen molar-refractivity contribution in [2.45, 2.75) is 25.3 Å². The highest BCUT2D eigenvalue weighted by molar-refractivity contribution is 5.94. The van der Waals surface area contributed by atoms with Crippen LogP contribution in [0.25, 0.3) is 0 Å². The van der Waals surface area contributed by atoms with Crippen LogP contribution in [0.2, 0.25) is 0 Å². The van der Waals surface area contributed by atoms with E-state index in [1.807, 2.05) is 11.8 Å². The molecule has 1 atom stereocenters. The van der Waals surface area contributed by atoms with Gasteiger partial charge in [-0.25, -0.2) is 0 Å². The first kappa shape index (κ1) is 17.2. The van der Waals surface area contributed by atoms with Crippen LogP contribution in [0.4, 0.5) is 0 Å². The molecule has 0 radical (unpaired) electrons. The topological polar surface area (TPSA) is 59.2 Å². The molecule has 6 heteroatoms. The molecule has 1 aliphatic rings. The summed E-state index contributed by atoms with van der Waals surface area (Å²) in [7, 11) is 0. The van der Waals surface area contributed by atoms with Gasteiger partial charge in [0.25, 0.3) is 5.91 Å². The Kier molecular flexibility index (Phi) is 6.60. The number of amides is 1.